The molecular weight excluding hydrogens is 346 g/mol. The van der Waals surface area contributed by atoms with Gasteiger partial charge in [-0.05, 0) is 18.9 Å². The van der Waals surface area contributed by atoms with Crippen LogP contribution in [0.4, 0.5) is 5.69 Å². The molecule has 1 aliphatic carbocycles. The highest BCUT2D eigenvalue weighted by Gasteiger charge is 2.21. The van der Waals surface area contributed by atoms with Crippen LogP contribution < -0.4 is 21.2 Å². The van der Waals surface area contributed by atoms with Crippen LogP contribution in [0.2, 0.25) is 0 Å². The van der Waals surface area contributed by atoms with E-state index in [-0.39, 0.29) is 12.1 Å². The first-order valence-electron chi connectivity index (χ1n) is 9.16. The molecular formula is C19H28N5OS+. The molecule has 0 bridgehead atoms. The number of imidazole rings is 1. The van der Waals surface area contributed by atoms with E-state index in [9.17, 15) is 4.79 Å². The van der Waals surface area contributed by atoms with Crippen LogP contribution in [0.3, 0.4) is 0 Å². The number of hydrogen-bond donors (Lipinski definition) is 3. The number of hydrogen-bond acceptors (Lipinski definition) is 4. The highest BCUT2D eigenvalue weighted by atomic mass is 32.2. The zero-order valence-electron chi connectivity index (χ0n) is 15.2. The van der Waals surface area contributed by atoms with E-state index in [1.54, 1.807) is 11.8 Å². The lowest BCUT2D eigenvalue weighted by Gasteiger charge is -2.21. The largest absolute Gasteiger partial charge is 0.325 e. The van der Waals surface area contributed by atoms with E-state index in [1.807, 2.05) is 59.2 Å². The molecule has 1 atom stereocenters. The standard InChI is InChI=1S/C19H27N5OS/c1-23-11-12-24(14-23)19(22-20)16-9-5-6-10-17(16)21-18(25)13-26-15-7-3-2-4-8-15/h5-6,9-12,14-15,19,22H,2-4,7-8,13,20H2,1H3/p+1. The first-order chi connectivity index (χ1) is 12.7. The molecule has 1 unspecified atom stereocenters. The van der Waals surface area contributed by atoms with Crippen molar-refractivity contribution >= 4 is 23.4 Å². The van der Waals surface area contributed by atoms with Crippen molar-refractivity contribution in [2.24, 2.45) is 12.9 Å². The Morgan fingerprint density at radius 2 is 2.12 bits per heavy atom. The number of hydrazine groups is 1. The van der Waals surface area contributed by atoms with Gasteiger partial charge in [0.15, 0.2) is 6.17 Å². The molecule has 1 fully saturated rings. The molecule has 7 heteroatoms. The lowest BCUT2D eigenvalue weighted by atomic mass is 10.0. The number of rotatable bonds is 7. The van der Waals surface area contributed by atoms with Crippen molar-refractivity contribution < 1.29 is 9.36 Å². The first kappa shape index (κ1) is 18.9. The summed E-state index contributed by atoms with van der Waals surface area (Å²) in [7, 11) is 1.96. The molecule has 1 aromatic heterocycles. The summed E-state index contributed by atoms with van der Waals surface area (Å²) in [6.45, 7) is 0. The number of amides is 1. The summed E-state index contributed by atoms with van der Waals surface area (Å²) in [6, 6.07) is 7.78. The predicted octanol–water partition coefficient (Wildman–Crippen LogP) is 2.33. The van der Waals surface area contributed by atoms with E-state index in [0.29, 0.717) is 11.0 Å². The minimum absolute atomic E-state index is 0.0434. The number of thioether (sulfide) groups is 1. The van der Waals surface area contributed by atoms with Gasteiger partial charge in [-0.25, -0.2) is 14.6 Å². The Kier molecular flexibility index (Phi) is 6.71. The normalized spacial score (nSPS) is 16.4. The SMILES string of the molecule is C[n+]1ccn(C(NN)c2ccccc2NC(=O)CSC2CCCCC2)c1. The molecule has 0 saturated heterocycles. The Morgan fingerprint density at radius 3 is 2.81 bits per heavy atom. The number of anilines is 1. The zero-order valence-corrected chi connectivity index (χ0v) is 16.0. The van der Waals surface area contributed by atoms with Crippen molar-refractivity contribution in [3.63, 3.8) is 0 Å². The number of para-hydroxylation sites is 1. The van der Waals surface area contributed by atoms with Gasteiger partial charge >= 0.3 is 0 Å². The summed E-state index contributed by atoms with van der Waals surface area (Å²) in [6.07, 6.45) is 12.0. The summed E-state index contributed by atoms with van der Waals surface area (Å²) >= 11 is 1.78. The molecule has 0 radical (unpaired) electrons. The van der Waals surface area contributed by atoms with E-state index < -0.39 is 0 Å². The fourth-order valence-corrected chi connectivity index (χ4v) is 4.55. The van der Waals surface area contributed by atoms with Crippen LogP contribution in [0, 0.1) is 0 Å². The molecule has 26 heavy (non-hydrogen) atoms. The van der Waals surface area contributed by atoms with Crippen LogP contribution in [0.1, 0.15) is 43.8 Å². The molecule has 140 valence electrons. The number of aromatic nitrogens is 2. The van der Waals surface area contributed by atoms with Gasteiger partial charge in [-0.3, -0.25) is 10.6 Å². The third-order valence-corrected chi connectivity index (χ3v) is 6.15. The molecule has 0 spiro atoms. The highest BCUT2D eigenvalue weighted by molar-refractivity contribution is 8.00. The van der Waals surface area contributed by atoms with Gasteiger partial charge in [0.05, 0.1) is 12.8 Å². The van der Waals surface area contributed by atoms with Gasteiger partial charge in [0, 0.05) is 16.5 Å². The van der Waals surface area contributed by atoms with E-state index in [0.717, 1.165) is 11.3 Å². The van der Waals surface area contributed by atoms with Crippen molar-refractivity contribution in [2.45, 2.75) is 43.5 Å². The summed E-state index contributed by atoms with van der Waals surface area (Å²) in [5.41, 5.74) is 4.56. The van der Waals surface area contributed by atoms with Crippen LogP contribution in [-0.2, 0) is 11.8 Å². The number of carbonyl (C=O) groups is 1. The van der Waals surface area contributed by atoms with Gasteiger partial charge in [-0.2, -0.15) is 0 Å². The minimum Gasteiger partial charge on any atom is -0.325 e. The summed E-state index contributed by atoms with van der Waals surface area (Å²) in [5, 5.41) is 3.69. The first-order valence-corrected chi connectivity index (χ1v) is 10.2. The summed E-state index contributed by atoms with van der Waals surface area (Å²) in [5.74, 6) is 6.35. The van der Waals surface area contributed by atoms with Crippen LogP contribution in [0.25, 0.3) is 0 Å². The van der Waals surface area contributed by atoms with Crippen LogP contribution in [0.5, 0.6) is 0 Å². The number of nitrogens with zero attached hydrogens (tertiary/aromatic N) is 2. The van der Waals surface area contributed by atoms with Gasteiger partial charge in [0.1, 0.15) is 12.4 Å². The van der Waals surface area contributed by atoms with Crippen molar-refractivity contribution in [3.05, 3.63) is 48.5 Å². The maximum Gasteiger partial charge on any atom is 0.245 e. The number of aryl methyl sites for hydroxylation is 1. The van der Waals surface area contributed by atoms with Crippen molar-refractivity contribution in [1.82, 2.24) is 9.99 Å². The quantitative estimate of drug-likeness (QED) is 0.395. The molecule has 6 nitrogen and oxygen atoms in total. The molecule has 0 aliphatic heterocycles. The lowest BCUT2D eigenvalue weighted by molar-refractivity contribution is -0.671. The molecule has 1 saturated carbocycles. The fraction of sp³-hybridized carbons (Fsp3) is 0.474. The molecule has 4 N–H and O–H groups in total. The lowest BCUT2D eigenvalue weighted by Crippen LogP contribution is -2.35. The Balaban J connectivity index is 1.67. The smallest absolute Gasteiger partial charge is 0.245 e. The highest BCUT2D eigenvalue weighted by Crippen LogP contribution is 2.29. The summed E-state index contributed by atoms with van der Waals surface area (Å²) < 4.78 is 3.92. The van der Waals surface area contributed by atoms with Crippen molar-refractivity contribution in [1.29, 1.82) is 0 Å². The Labute approximate surface area is 159 Å². The number of benzene rings is 1. The van der Waals surface area contributed by atoms with Gasteiger partial charge in [-0.15, -0.1) is 11.8 Å². The van der Waals surface area contributed by atoms with Gasteiger partial charge in [0.25, 0.3) is 0 Å². The second-order valence-corrected chi connectivity index (χ2v) is 8.09. The third-order valence-electron chi connectivity index (χ3n) is 4.78. The van der Waals surface area contributed by atoms with E-state index in [1.165, 1.54) is 32.1 Å². The van der Waals surface area contributed by atoms with Gasteiger partial charge in [-0.1, -0.05) is 37.5 Å². The fourth-order valence-electron chi connectivity index (χ4n) is 3.42. The number of nitrogens with one attached hydrogen (secondary N) is 2. The molecule has 1 amide bonds. The number of carbonyl (C=O) groups excluding carboxylic acids is 1. The maximum absolute atomic E-state index is 12.5. The Hall–Kier alpha value is -1.83. The molecule has 1 aliphatic rings. The van der Waals surface area contributed by atoms with Crippen LogP contribution in [-0.4, -0.2) is 21.5 Å². The zero-order chi connectivity index (χ0) is 18.4. The second-order valence-electron chi connectivity index (χ2n) is 6.80. The minimum atomic E-state index is -0.251. The average Bonchev–Trinajstić information content (AvgIpc) is 3.09. The Bertz CT molecular complexity index is 726. The van der Waals surface area contributed by atoms with Crippen molar-refractivity contribution in [2.75, 3.05) is 11.1 Å². The molecule has 1 heterocycles. The van der Waals surface area contributed by atoms with E-state index in [2.05, 4.69) is 10.7 Å². The molecule has 3 rings (SSSR count). The Morgan fingerprint density at radius 1 is 1.35 bits per heavy atom. The molecule has 2 aromatic rings. The van der Waals surface area contributed by atoms with Crippen LogP contribution >= 0.6 is 11.8 Å². The van der Waals surface area contributed by atoms with Crippen molar-refractivity contribution in [3.8, 4) is 0 Å². The topological polar surface area (TPSA) is 76.0 Å². The average molecular weight is 375 g/mol. The predicted molar refractivity (Wildman–Crippen MR) is 105 cm³/mol. The molecule has 1 aromatic carbocycles. The van der Waals surface area contributed by atoms with E-state index in [4.69, 9.17) is 5.84 Å². The van der Waals surface area contributed by atoms with Gasteiger partial charge < -0.3 is 5.32 Å². The van der Waals surface area contributed by atoms with E-state index >= 15 is 0 Å². The second kappa shape index (κ2) is 9.21. The van der Waals surface area contributed by atoms with Crippen LogP contribution in [0.15, 0.2) is 43.0 Å². The maximum atomic E-state index is 12.5. The monoisotopic (exact) mass is 374 g/mol. The van der Waals surface area contributed by atoms with Gasteiger partial charge in [0.2, 0.25) is 12.2 Å². The number of nitrogens with two attached hydrogens (primary N) is 1. The third kappa shape index (κ3) is 4.87. The summed E-state index contributed by atoms with van der Waals surface area (Å²) in [4.78, 5) is 12.5.